The Labute approximate surface area is 395 Å². The van der Waals surface area contributed by atoms with Crippen molar-refractivity contribution < 1.29 is 87.0 Å². The second kappa shape index (κ2) is 19.5. The van der Waals surface area contributed by atoms with E-state index in [0.717, 1.165) is 0 Å². The number of halogens is 2. The Bertz CT molecular complexity index is 2100. The Balaban J connectivity index is 0.00000683. The van der Waals surface area contributed by atoms with E-state index < -0.39 is 104 Å². The van der Waals surface area contributed by atoms with Gasteiger partial charge in [-0.1, -0.05) is 59.0 Å². The summed E-state index contributed by atoms with van der Waals surface area (Å²) >= 11 is 23.5. The van der Waals surface area contributed by atoms with E-state index >= 15 is 0 Å². The van der Waals surface area contributed by atoms with E-state index in [0.29, 0.717) is 33.1 Å². The number of aliphatic hydroxyl groups is 4. The molecule has 20 nitrogen and oxygen atoms in total. The fourth-order valence-corrected chi connectivity index (χ4v) is 19.6. The summed E-state index contributed by atoms with van der Waals surface area (Å²) in [6, 6.07) is 0. The molecule has 0 radical (unpaired) electrons. The molecule has 4 aliphatic rings. The molecule has 0 aromatic carbocycles. The van der Waals surface area contributed by atoms with Gasteiger partial charge in [0.2, 0.25) is 0 Å². The maximum atomic E-state index is 13.4. The van der Waals surface area contributed by atoms with E-state index in [9.17, 15) is 48.8 Å². The first-order valence-corrected chi connectivity index (χ1v) is 29.8. The first-order chi connectivity index (χ1) is 27.3. The van der Waals surface area contributed by atoms with Crippen molar-refractivity contribution in [3.05, 3.63) is 11.4 Å². The van der Waals surface area contributed by atoms with Crippen molar-refractivity contribution in [1.82, 2.24) is 19.9 Å². The molecule has 31 heteroatoms. The molecule has 6 unspecified atom stereocenters. The zero-order valence-corrected chi connectivity index (χ0v) is 42.3. The molecule has 6 rings (SSSR count). The van der Waals surface area contributed by atoms with Crippen LogP contribution in [-0.2, 0) is 34.1 Å². The van der Waals surface area contributed by atoms with Gasteiger partial charge in [0.05, 0.1) is 35.8 Å². The minimum atomic E-state index is -5.86. The summed E-state index contributed by atoms with van der Waals surface area (Å²) in [6.07, 6.45) is 0.363. The van der Waals surface area contributed by atoms with E-state index in [1.165, 1.54) is 23.5 Å². The number of hydrogen-bond acceptors (Lipinski definition) is 20. The number of nitrogen functional groups attached to an aromatic ring is 2. The molecule has 2 aliphatic carbocycles. The summed E-state index contributed by atoms with van der Waals surface area (Å²) in [5.41, 5.74) is 13.7. The molecule has 0 bridgehead atoms. The predicted molar refractivity (Wildman–Crippen MR) is 234 cm³/mol. The van der Waals surface area contributed by atoms with Crippen LogP contribution in [0.4, 0.5) is 23.0 Å². The standard InChI is InChI=1S/C29H42Cl2N8O12P4S4.Na/c1-58-27-36-17-15(9-34-19(17)25(32)38-27)13-7-11(21(40)23(13)42)3-5-52(44,56)50-54(46,47)29(30,31)55(48,49)51-53(45,57)6-4-12-8-14(24(43)22(12)41)16-10-35-20-18(16)37-28(59-2)39-26(20)33;/h9-16,21-24,40-43H,3-8H2,1-2H3,(H,44,56)(H,45,57)(H,46,47)(H,48,49)(H2,32,36,38)(H2,33,37,39);/q;+1/t11-,12-,13-,14-,15?,16?,21+,22+,23-,24-,52?,53?;/m0./s1. The van der Waals surface area contributed by atoms with Gasteiger partial charge in [-0.15, -0.1) is 0 Å². The number of fused-ring (bicyclic) bond motifs is 2. The summed E-state index contributed by atoms with van der Waals surface area (Å²) in [7, 11) is -11.7. The van der Waals surface area contributed by atoms with Crippen LogP contribution < -0.4 is 41.0 Å². The first kappa shape index (κ1) is 51.7. The van der Waals surface area contributed by atoms with Crippen molar-refractivity contribution in [2.45, 2.75) is 76.1 Å². The number of aliphatic hydroxyl groups excluding tert-OH is 4. The SMILES string of the molecule is CSc1nc(N)c2c(n1)C([C@@H]1C[C@H](CCP(=O)(S)OP(=O)(O)C(Cl)(Cl)P(=O)(O)OP(O)(=S)CC[C@H]3C[C@@H](C4C=Nc5c(N)nc(SC)nc54)[C@H](O)[C@@H]3O)[C@@H](O)[C@H]1O)C=N2.[Na+]. The van der Waals surface area contributed by atoms with Gasteiger partial charge in [-0.05, 0) is 61.8 Å². The van der Waals surface area contributed by atoms with Gasteiger partial charge in [0, 0.05) is 48.4 Å². The van der Waals surface area contributed by atoms with Crippen molar-refractivity contribution >= 4 is 134 Å². The summed E-state index contributed by atoms with van der Waals surface area (Å²) in [5, 5.41) is 44.6. The van der Waals surface area contributed by atoms with Gasteiger partial charge in [-0.2, -0.15) is 0 Å². The first-order valence-electron chi connectivity index (χ1n) is 17.7. The molecule has 2 saturated carbocycles. The average molecular weight is 1040 g/mol. The number of aromatic nitrogens is 4. The monoisotopic (exact) mass is 1040 g/mol. The van der Waals surface area contributed by atoms with Crippen LogP contribution in [0.2, 0.25) is 0 Å². The Morgan fingerprint density at radius 1 is 0.767 bits per heavy atom. The second-order valence-electron chi connectivity index (χ2n) is 14.6. The molecule has 4 heterocycles. The number of anilines is 2. The molecule has 0 amide bonds. The minimum Gasteiger partial charge on any atom is -0.390 e. The predicted octanol–water partition coefficient (Wildman–Crippen LogP) is 1.59. The minimum absolute atomic E-state index is 0. The van der Waals surface area contributed by atoms with Crippen LogP contribution in [0.25, 0.3) is 0 Å². The van der Waals surface area contributed by atoms with Crippen molar-refractivity contribution in [3.8, 4) is 0 Å². The fraction of sp³-hybridized carbons (Fsp3) is 0.655. The smallest absolute Gasteiger partial charge is 0.390 e. The molecule has 0 spiro atoms. The van der Waals surface area contributed by atoms with Gasteiger partial charge in [0.15, 0.2) is 28.4 Å². The average Bonchev–Trinajstić information content (AvgIpc) is 3.90. The quantitative estimate of drug-likeness (QED) is 0.0285. The molecule has 11 N–H and O–H groups in total. The number of nitrogens with two attached hydrogens (primary N) is 2. The van der Waals surface area contributed by atoms with Crippen molar-refractivity contribution in [1.29, 1.82) is 0 Å². The maximum Gasteiger partial charge on any atom is 1.00 e. The third kappa shape index (κ3) is 10.5. The summed E-state index contributed by atoms with van der Waals surface area (Å²) in [4.78, 5) is 58.4. The molecular formula is C29H42Cl2N8NaO12P4S4+. The van der Waals surface area contributed by atoms with Crippen LogP contribution in [0.15, 0.2) is 20.3 Å². The number of rotatable bonds is 16. The van der Waals surface area contributed by atoms with E-state index in [1.807, 2.05) is 0 Å². The van der Waals surface area contributed by atoms with Gasteiger partial charge in [0.1, 0.15) is 11.4 Å². The second-order valence-corrected chi connectivity index (χ2v) is 30.6. The van der Waals surface area contributed by atoms with E-state index in [4.69, 9.17) is 55.1 Å². The number of nitrogens with zero attached hydrogens (tertiary/aromatic N) is 6. The molecule has 0 saturated heterocycles. The number of aliphatic imine (C=N–C) groups is 2. The number of hydrogen-bond donors (Lipinski definition) is 10. The Hall–Kier alpha value is 0.710. The van der Waals surface area contributed by atoms with Gasteiger partial charge in [-0.25, -0.2) is 28.6 Å². The third-order valence-corrected chi connectivity index (χ3v) is 25.3. The fourth-order valence-electron chi connectivity index (χ4n) is 7.89. The molecule has 2 aliphatic heterocycles. The van der Waals surface area contributed by atoms with E-state index in [2.05, 4.69) is 42.2 Å². The Morgan fingerprint density at radius 2 is 1.17 bits per heavy atom. The van der Waals surface area contributed by atoms with Crippen LogP contribution in [-0.4, -0.2) is 121 Å². The maximum absolute atomic E-state index is 13.4. The van der Waals surface area contributed by atoms with Crippen molar-refractivity contribution in [3.63, 3.8) is 0 Å². The zero-order valence-electron chi connectivity index (χ0n) is 31.9. The van der Waals surface area contributed by atoms with Crippen LogP contribution >= 0.6 is 87.2 Å². The molecular weight excluding hydrogens is 998 g/mol. The number of alkyl halides is 2. The normalized spacial score (nSPS) is 32.4. The number of thiol groups is 1. The summed E-state index contributed by atoms with van der Waals surface area (Å²) in [6.45, 7) is -8.91. The van der Waals surface area contributed by atoms with Crippen LogP contribution in [0, 0.1) is 23.7 Å². The summed E-state index contributed by atoms with van der Waals surface area (Å²) in [5.74, 6) is -3.38. The number of thioether (sulfide) groups is 2. The molecule has 328 valence electrons. The van der Waals surface area contributed by atoms with Gasteiger partial charge in [0.25, 0.3) is 6.57 Å². The zero-order chi connectivity index (χ0) is 43.6. The molecule has 2 fully saturated rings. The molecule has 2 aromatic heterocycles. The van der Waals surface area contributed by atoms with E-state index in [1.54, 1.807) is 24.9 Å². The van der Waals surface area contributed by atoms with Gasteiger partial charge < -0.3 is 46.6 Å². The van der Waals surface area contributed by atoms with E-state index in [-0.39, 0.29) is 66.9 Å². The van der Waals surface area contributed by atoms with Crippen LogP contribution in [0.3, 0.4) is 0 Å². The van der Waals surface area contributed by atoms with Gasteiger partial charge >= 0.3 is 48.6 Å². The summed E-state index contributed by atoms with van der Waals surface area (Å²) < 4.78 is 46.3. The molecule has 2 aromatic rings. The van der Waals surface area contributed by atoms with Crippen LogP contribution in [0.5, 0.6) is 0 Å². The third-order valence-electron chi connectivity index (χ3n) is 10.9. The van der Waals surface area contributed by atoms with Gasteiger partial charge in [-0.3, -0.25) is 23.7 Å². The largest absolute Gasteiger partial charge is 1.00 e. The Morgan fingerprint density at radius 3 is 1.58 bits per heavy atom. The van der Waals surface area contributed by atoms with Crippen LogP contribution in [0.1, 0.15) is 48.9 Å². The Kier molecular flexibility index (Phi) is 16.8. The molecule has 60 heavy (non-hydrogen) atoms. The topological polar surface area (TPSA) is 340 Å². The molecule has 14 atom stereocenters. The van der Waals surface area contributed by atoms with Crippen molar-refractivity contribution in [2.24, 2.45) is 33.7 Å². The van der Waals surface area contributed by atoms with Crippen molar-refractivity contribution in [2.75, 3.05) is 36.3 Å².